The van der Waals surface area contributed by atoms with Crippen LogP contribution in [-0.4, -0.2) is 32.9 Å². The molecule has 0 bridgehead atoms. The van der Waals surface area contributed by atoms with E-state index in [4.69, 9.17) is 4.42 Å². The van der Waals surface area contributed by atoms with E-state index < -0.39 is 10.0 Å². The molecule has 1 N–H and O–H groups in total. The van der Waals surface area contributed by atoms with Crippen LogP contribution in [0.25, 0.3) is 0 Å². The maximum Gasteiger partial charge on any atom is 0.246 e. The van der Waals surface area contributed by atoms with Gasteiger partial charge in [-0.15, -0.1) is 0 Å². The first-order valence-electron chi connectivity index (χ1n) is 7.71. The van der Waals surface area contributed by atoms with Crippen LogP contribution >= 0.6 is 0 Å². The largest absolute Gasteiger partial charge is 0.464 e. The summed E-state index contributed by atoms with van der Waals surface area (Å²) in [5.41, 5.74) is 0. The molecule has 5 nitrogen and oxygen atoms in total. The minimum atomic E-state index is -3.44. The SMILES string of the molecule is CCCNCc1cc(S(=O)(=O)N(C)CC2CCC2)c(C)o1. The van der Waals surface area contributed by atoms with Crippen molar-refractivity contribution in [3.05, 3.63) is 17.6 Å². The Balaban J connectivity index is 2.07. The van der Waals surface area contributed by atoms with Crippen molar-refractivity contribution < 1.29 is 12.8 Å². The molecule has 21 heavy (non-hydrogen) atoms. The number of sulfonamides is 1. The highest BCUT2D eigenvalue weighted by atomic mass is 32.2. The van der Waals surface area contributed by atoms with Gasteiger partial charge in [0.25, 0.3) is 0 Å². The smallest absolute Gasteiger partial charge is 0.246 e. The molecule has 1 saturated carbocycles. The third-order valence-corrected chi connectivity index (χ3v) is 6.01. The van der Waals surface area contributed by atoms with Gasteiger partial charge in [0.2, 0.25) is 10.0 Å². The Hall–Kier alpha value is -0.850. The topological polar surface area (TPSA) is 62.6 Å². The molecule has 1 heterocycles. The number of hydrogen-bond donors (Lipinski definition) is 1. The Morgan fingerprint density at radius 2 is 2.14 bits per heavy atom. The fraction of sp³-hybridized carbons (Fsp3) is 0.733. The van der Waals surface area contributed by atoms with Crippen molar-refractivity contribution in [2.45, 2.75) is 51.0 Å². The van der Waals surface area contributed by atoms with Gasteiger partial charge in [-0.2, -0.15) is 0 Å². The molecule has 0 amide bonds. The predicted octanol–water partition coefficient (Wildman–Crippen LogP) is 2.51. The molecule has 0 saturated heterocycles. The summed E-state index contributed by atoms with van der Waals surface area (Å²) in [6, 6.07) is 1.66. The highest BCUT2D eigenvalue weighted by Gasteiger charge is 2.29. The molecule has 0 aromatic carbocycles. The van der Waals surface area contributed by atoms with Gasteiger partial charge in [0.1, 0.15) is 16.4 Å². The van der Waals surface area contributed by atoms with E-state index >= 15 is 0 Å². The summed E-state index contributed by atoms with van der Waals surface area (Å²) in [5.74, 6) is 1.67. The van der Waals surface area contributed by atoms with E-state index in [1.807, 2.05) is 0 Å². The summed E-state index contributed by atoms with van der Waals surface area (Å²) in [6.45, 7) is 5.87. The molecule has 0 aliphatic heterocycles. The molecule has 0 spiro atoms. The molecular formula is C15H26N2O3S. The van der Waals surface area contributed by atoms with Crippen LogP contribution in [0.3, 0.4) is 0 Å². The van der Waals surface area contributed by atoms with Crippen LogP contribution in [0, 0.1) is 12.8 Å². The Bertz CT molecular complexity index is 561. The van der Waals surface area contributed by atoms with E-state index in [1.165, 1.54) is 10.7 Å². The maximum atomic E-state index is 12.6. The van der Waals surface area contributed by atoms with Crippen molar-refractivity contribution >= 4 is 10.0 Å². The van der Waals surface area contributed by atoms with Crippen molar-refractivity contribution in [1.29, 1.82) is 0 Å². The number of nitrogens with zero attached hydrogens (tertiary/aromatic N) is 1. The fourth-order valence-electron chi connectivity index (χ4n) is 2.56. The van der Waals surface area contributed by atoms with Gasteiger partial charge < -0.3 is 9.73 Å². The molecule has 0 unspecified atom stereocenters. The van der Waals surface area contributed by atoms with Crippen LogP contribution < -0.4 is 5.32 Å². The minimum Gasteiger partial charge on any atom is -0.464 e. The van der Waals surface area contributed by atoms with Crippen molar-refractivity contribution in [2.75, 3.05) is 20.1 Å². The van der Waals surface area contributed by atoms with Gasteiger partial charge in [0.15, 0.2) is 0 Å². The Morgan fingerprint density at radius 3 is 2.71 bits per heavy atom. The van der Waals surface area contributed by atoms with Crippen LogP contribution in [-0.2, 0) is 16.6 Å². The molecule has 120 valence electrons. The number of rotatable bonds is 8. The van der Waals surface area contributed by atoms with Crippen LogP contribution in [0.4, 0.5) is 0 Å². The lowest BCUT2D eigenvalue weighted by atomic mass is 9.86. The van der Waals surface area contributed by atoms with Gasteiger partial charge >= 0.3 is 0 Å². The van der Waals surface area contributed by atoms with Crippen molar-refractivity contribution in [3.63, 3.8) is 0 Å². The zero-order valence-electron chi connectivity index (χ0n) is 13.2. The van der Waals surface area contributed by atoms with Gasteiger partial charge in [0.05, 0.1) is 6.54 Å². The van der Waals surface area contributed by atoms with Crippen LogP contribution in [0.1, 0.15) is 44.1 Å². The second kappa shape index (κ2) is 6.94. The summed E-state index contributed by atoms with van der Waals surface area (Å²) < 4.78 is 32.3. The maximum absolute atomic E-state index is 12.6. The quantitative estimate of drug-likeness (QED) is 0.749. The average Bonchev–Trinajstić information content (AvgIpc) is 2.75. The monoisotopic (exact) mass is 314 g/mol. The second-order valence-electron chi connectivity index (χ2n) is 5.89. The molecule has 1 fully saturated rings. The standard InChI is InChI=1S/C15H26N2O3S/c1-4-8-16-10-14-9-15(12(2)20-14)21(18,19)17(3)11-13-6-5-7-13/h9,13,16H,4-8,10-11H2,1-3H3. The number of aryl methyl sites for hydroxylation is 1. The van der Waals surface area contributed by atoms with Crippen LogP contribution in [0.5, 0.6) is 0 Å². The van der Waals surface area contributed by atoms with Crippen molar-refractivity contribution in [2.24, 2.45) is 5.92 Å². The minimum absolute atomic E-state index is 0.303. The average molecular weight is 314 g/mol. The van der Waals surface area contributed by atoms with E-state index in [2.05, 4.69) is 12.2 Å². The van der Waals surface area contributed by atoms with Gasteiger partial charge in [-0.25, -0.2) is 12.7 Å². The lowest BCUT2D eigenvalue weighted by Crippen LogP contribution is -2.34. The first-order valence-corrected chi connectivity index (χ1v) is 9.15. The van der Waals surface area contributed by atoms with Crippen molar-refractivity contribution in [3.8, 4) is 0 Å². The van der Waals surface area contributed by atoms with Crippen LogP contribution in [0.15, 0.2) is 15.4 Å². The lowest BCUT2D eigenvalue weighted by Gasteiger charge is -2.29. The molecule has 6 heteroatoms. The molecule has 1 aliphatic carbocycles. The molecule has 1 aromatic rings. The second-order valence-corrected chi connectivity index (χ2v) is 7.91. The first-order chi connectivity index (χ1) is 9.95. The molecule has 2 rings (SSSR count). The number of hydrogen-bond acceptors (Lipinski definition) is 4. The van der Waals surface area contributed by atoms with Gasteiger partial charge in [-0.3, -0.25) is 0 Å². The lowest BCUT2D eigenvalue weighted by molar-refractivity contribution is 0.263. The van der Waals surface area contributed by atoms with E-state index in [9.17, 15) is 8.42 Å². The van der Waals surface area contributed by atoms with E-state index in [0.717, 1.165) is 25.8 Å². The van der Waals surface area contributed by atoms with E-state index in [-0.39, 0.29) is 0 Å². The third-order valence-electron chi connectivity index (χ3n) is 4.08. The molecule has 0 radical (unpaired) electrons. The summed E-state index contributed by atoms with van der Waals surface area (Å²) in [5, 5.41) is 3.22. The molecule has 1 aliphatic rings. The summed E-state index contributed by atoms with van der Waals surface area (Å²) in [4.78, 5) is 0.303. The van der Waals surface area contributed by atoms with Gasteiger partial charge in [-0.05, 0) is 38.6 Å². The van der Waals surface area contributed by atoms with Crippen LogP contribution in [0.2, 0.25) is 0 Å². The normalized spacial score (nSPS) is 16.4. The van der Waals surface area contributed by atoms with E-state index in [0.29, 0.717) is 35.4 Å². The van der Waals surface area contributed by atoms with E-state index in [1.54, 1.807) is 20.0 Å². The molecule has 0 atom stereocenters. The Kier molecular flexibility index (Phi) is 5.46. The highest BCUT2D eigenvalue weighted by Crippen LogP contribution is 2.29. The predicted molar refractivity (Wildman–Crippen MR) is 82.6 cm³/mol. The van der Waals surface area contributed by atoms with Crippen molar-refractivity contribution in [1.82, 2.24) is 9.62 Å². The summed E-state index contributed by atoms with van der Waals surface area (Å²) in [6.07, 6.45) is 4.53. The molecular weight excluding hydrogens is 288 g/mol. The summed E-state index contributed by atoms with van der Waals surface area (Å²) in [7, 11) is -1.78. The zero-order valence-corrected chi connectivity index (χ0v) is 14.0. The Morgan fingerprint density at radius 1 is 1.43 bits per heavy atom. The first kappa shape index (κ1) is 16.5. The Labute approximate surface area is 127 Å². The fourth-order valence-corrected chi connectivity index (χ4v) is 3.99. The summed E-state index contributed by atoms with van der Waals surface area (Å²) >= 11 is 0. The number of furan rings is 1. The molecule has 1 aromatic heterocycles. The zero-order chi connectivity index (χ0) is 15.5. The van der Waals surface area contributed by atoms with Gasteiger partial charge in [-0.1, -0.05) is 13.3 Å². The van der Waals surface area contributed by atoms with Gasteiger partial charge in [0, 0.05) is 19.7 Å². The third kappa shape index (κ3) is 3.87. The number of nitrogens with one attached hydrogen (secondary N) is 1. The highest BCUT2D eigenvalue weighted by molar-refractivity contribution is 7.89.